The number of aromatic nitrogens is 2. The third kappa shape index (κ3) is 3.96. The molecule has 6 nitrogen and oxygen atoms in total. The molecule has 0 spiro atoms. The predicted molar refractivity (Wildman–Crippen MR) is 109 cm³/mol. The third-order valence-corrected chi connectivity index (χ3v) is 4.93. The van der Waals surface area contributed by atoms with Gasteiger partial charge in [0.25, 0.3) is 0 Å². The Morgan fingerprint density at radius 2 is 1.29 bits per heavy atom. The van der Waals surface area contributed by atoms with Crippen LogP contribution in [0.1, 0.15) is 46.7 Å². The molecule has 0 radical (unpaired) electrons. The van der Waals surface area contributed by atoms with Crippen molar-refractivity contribution in [1.82, 2.24) is 9.97 Å². The van der Waals surface area contributed by atoms with Crippen LogP contribution in [0.3, 0.4) is 0 Å². The summed E-state index contributed by atoms with van der Waals surface area (Å²) in [6.07, 6.45) is 3.63. The van der Waals surface area contributed by atoms with E-state index >= 15 is 0 Å². The Bertz CT molecular complexity index is 901. The van der Waals surface area contributed by atoms with Gasteiger partial charge in [-0.15, -0.1) is 0 Å². The molecule has 0 saturated heterocycles. The zero-order valence-corrected chi connectivity index (χ0v) is 16.4. The van der Waals surface area contributed by atoms with Gasteiger partial charge in [-0.05, 0) is 62.8 Å². The molecule has 0 aliphatic heterocycles. The second-order valence-electron chi connectivity index (χ2n) is 7.29. The zero-order chi connectivity index (χ0) is 19.5. The normalized spacial score (nSPS) is 17.6. The number of aryl methyl sites for hydroxylation is 4. The van der Waals surface area contributed by atoms with Crippen molar-refractivity contribution >= 4 is 11.4 Å². The van der Waals surface area contributed by atoms with E-state index < -0.39 is 0 Å². The highest BCUT2D eigenvalue weighted by Gasteiger charge is 2.21. The average Bonchev–Trinajstić information content (AvgIpc) is 3.26. The molecule has 0 atom stereocenters. The standard InChI is InChI=1S/C22H24N4O2/c1-14(12-27-25-19-10-8-17-6-4-15(2)23-21(17)19)13-28-26-20-11-9-18-7-5-16(3)24-22(18)20/h4-7H,1,8-13H2,2-3H3/b25-19+,26-20+. The summed E-state index contributed by atoms with van der Waals surface area (Å²) in [6, 6.07) is 8.29. The van der Waals surface area contributed by atoms with E-state index in [0.29, 0.717) is 13.2 Å². The van der Waals surface area contributed by atoms with Crippen molar-refractivity contribution in [2.75, 3.05) is 13.2 Å². The number of oxime groups is 2. The molecule has 144 valence electrons. The van der Waals surface area contributed by atoms with Gasteiger partial charge < -0.3 is 9.68 Å². The molecule has 0 fully saturated rings. The summed E-state index contributed by atoms with van der Waals surface area (Å²) in [7, 11) is 0. The Morgan fingerprint density at radius 1 is 0.821 bits per heavy atom. The Kier molecular flexibility index (Phi) is 5.19. The number of rotatable bonds is 6. The minimum absolute atomic E-state index is 0.295. The van der Waals surface area contributed by atoms with Crippen LogP contribution in [0.5, 0.6) is 0 Å². The maximum Gasteiger partial charge on any atom is 0.141 e. The Labute approximate surface area is 165 Å². The summed E-state index contributed by atoms with van der Waals surface area (Å²) in [5.74, 6) is 0. The maximum atomic E-state index is 5.48. The molecule has 0 aromatic carbocycles. The van der Waals surface area contributed by atoms with Crippen LogP contribution in [-0.2, 0) is 22.5 Å². The lowest BCUT2D eigenvalue weighted by Gasteiger charge is -2.06. The predicted octanol–water partition coefficient (Wildman–Crippen LogP) is 3.68. The molecule has 2 aromatic heterocycles. The lowest BCUT2D eigenvalue weighted by atomic mass is 10.2. The molecule has 0 N–H and O–H groups in total. The van der Waals surface area contributed by atoms with Crippen molar-refractivity contribution in [2.45, 2.75) is 39.5 Å². The highest BCUT2D eigenvalue weighted by atomic mass is 16.6. The fourth-order valence-corrected chi connectivity index (χ4v) is 3.44. The molecule has 0 amide bonds. The van der Waals surface area contributed by atoms with Gasteiger partial charge in [0.05, 0.1) is 11.4 Å². The van der Waals surface area contributed by atoms with E-state index in [2.05, 4.69) is 39.0 Å². The first-order valence-corrected chi connectivity index (χ1v) is 9.58. The molecule has 2 aromatic rings. The van der Waals surface area contributed by atoms with Crippen molar-refractivity contribution in [3.8, 4) is 0 Å². The zero-order valence-electron chi connectivity index (χ0n) is 16.4. The van der Waals surface area contributed by atoms with Gasteiger partial charge in [0.2, 0.25) is 0 Å². The molecule has 0 bridgehead atoms. The van der Waals surface area contributed by atoms with Gasteiger partial charge >= 0.3 is 0 Å². The van der Waals surface area contributed by atoms with E-state index in [1.807, 2.05) is 26.0 Å². The molecule has 4 rings (SSSR count). The monoisotopic (exact) mass is 376 g/mol. The number of pyridine rings is 2. The highest BCUT2D eigenvalue weighted by Crippen LogP contribution is 2.22. The lowest BCUT2D eigenvalue weighted by Crippen LogP contribution is -2.05. The second kappa shape index (κ2) is 7.92. The average molecular weight is 376 g/mol. The molecular formula is C22H24N4O2. The Morgan fingerprint density at radius 3 is 1.75 bits per heavy atom. The van der Waals surface area contributed by atoms with E-state index in [9.17, 15) is 0 Å². The van der Waals surface area contributed by atoms with Gasteiger partial charge in [0.1, 0.15) is 24.6 Å². The number of nitrogens with zero attached hydrogens (tertiary/aromatic N) is 4. The summed E-state index contributed by atoms with van der Waals surface area (Å²) >= 11 is 0. The summed E-state index contributed by atoms with van der Waals surface area (Å²) in [5, 5.41) is 8.53. The van der Waals surface area contributed by atoms with E-state index in [1.54, 1.807) is 0 Å². The highest BCUT2D eigenvalue weighted by molar-refractivity contribution is 6.03. The SMILES string of the molecule is C=C(CO/N=C1\CCc2ccc(C)nc21)CO/N=C1\CCc2ccc(C)nc21. The first-order chi connectivity index (χ1) is 13.6. The van der Waals surface area contributed by atoms with Gasteiger partial charge in [0, 0.05) is 17.0 Å². The van der Waals surface area contributed by atoms with Crippen molar-refractivity contribution in [1.29, 1.82) is 0 Å². The molecule has 2 heterocycles. The Balaban J connectivity index is 1.28. The summed E-state index contributed by atoms with van der Waals surface area (Å²) in [6.45, 7) is 8.54. The van der Waals surface area contributed by atoms with E-state index in [-0.39, 0.29) is 0 Å². The van der Waals surface area contributed by atoms with Crippen LogP contribution in [0.25, 0.3) is 0 Å². The smallest absolute Gasteiger partial charge is 0.141 e. The molecule has 28 heavy (non-hydrogen) atoms. The van der Waals surface area contributed by atoms with Gasteiger partial charge in [0.15, 0.2) is 0 Å². The summed E-state index contributed by atoms with van der Waals surface area (Å²) in [5.41, 5.74) is 8.92. The van der Waals surface area contributed by atoms with Crippen LogP contribution in [0.4, 0.5) is 0 Å². The van der Waals surface area contributed by atoms with Gasteiger partial charge in [-0.2, -0.15) is 0 Å². The van der Waals surface area contributed by atoms with Gasteiger partial charge in [-0.25, -0.2) is 0 Å². The van der Waals surface area contributed by atoms with E-state index in [0.717, 1.165) is 65.5 Å². The van der Waals surface area contributed by atoms with Crippen LogP contribution in [0.2, 0.25) is 0 Å². The summed E-state index contributed by atoms with van der Waals surface area (Å²) in [4.78, 5) is 20.1. The molecule has 6 heteroatoms. The van der Waals surface area contributed by atoms with E-state index in [4.69, 9.17) is 9.68 Å². The van der Waals surface area contributed by atoms with Crippen LogP contribution < -0.4 is 0 Å². The lowest BCUT2D eigenvalue weighted by molar-refractivity contribution is 0.128. The molecule has 2 aliphatic carbocycles. The molecular weight excluding hydrogens is 352 g/mol. The summed E-state index contributed by atoms with van der Waals surface area (Å²) < 4.78 is 0. The fourth-order valence-electron chi connectivity index (χ4n) is 3.44. The number of hydrogen-bond acceptors (Lipinski definition) is 6. The van der Waals surface area contributed by atoms with Gasteiger partial charge in [-0.1, -0.05) is 29.0 Å². The van der Waals surface area contributed by atoms with E-state index in [1.165, 1.54) is 11.1 Å². The molecule has 0 saturated carbocycles. The topological polar surface area (TPSA) is 69.0 Å². The van der Waals surface area contributed by atoms with Gasteiger partial charge in [-0.3, -0.25) is 9.97 Å². The Hall–Kier alpha value is -3.02. The second-order valence-corrected chi connectivity index (χ2v) is 7.29. The molecule has 0 unspecified atom stereocenters. The minimum atomic E-state index is 0.295. The van der Waals surface area contributed by atoms with Crippen LogP contribution in [0, 0.1) is 13.8 Å². The van der Waals surface area contributed by atoms with Crippen LogP contribution >= 0.6 is 0 Å². The van der Waals surface area contributed by atoms with Crippen molar-refractivity contribution in [3.05, 3.63) is 70.3 Å². The quantitative estimate of drug-likeness (QED) is 0.570. The maximum absolute atomic E-state index is 5.48. The van der Waals surface area contributed by atoms with Crippen LogP contribution in [-0.4, -0.2) is 34.6 Å². The minimum Gasteiger partial charge on any atom is -0.391 e. The van der Waals surface area contributed by atoms with Crippen molar-refractivity contribution in [3.63, 3.8) is 0 Å². The number of fused-ring (bicyclic) bond motifs is 2. The number of hydrogen-bond donors (Lipinski definition) is 0. The first kappa shape index (κ1) is 18.3. The first-order valence-electron chi connectivity index (χ1n) is 9.58. The third-order valence-electron chi connectivity index (χ3n) is 4.93. The largest absolute Gasteiger partial charge is 0.391 e. The molecule has 2 aliphatic rings. The van der Waals surface area contributed by atoms with Crippen molar-refractivity contribution in [2.24, 2.45) is 10.3 Å². The van der Waals surface area contributed by atoms with Crippen molar-refractivity contribution < 1.29 is 9.68 Å². The van der Waals surface area contributed by atoms with Crippen LogP contribution in [0.15, 0.2) is 46.7 Å². The fraction of sp³-hybridized carbons (Fsp3) is 0.364.